The van der Waals surface area contributed by atoms with Crippen molar-refractivity contribution in [1.29, 1.82) is 0 Å². The summed E-state index contributed by atoms with van der Waals surface area (Å²) in [5.41, 5.74) is 6.94. The zero-order valence-electron chi connectivity index (χ0n) is 31.5. The Morgan fingerprint density at radius 1 is 0.310 bits per heavy atom. The lowest BCUT2D eigenvalue weighted by Gasteiger charge is -2.21. The first-order chi connectivity index (χ1) is 28.7. The molecule has 58 heavy (non-hydrogen) atoms. The zero-order chi connectivity index (χ0) is 38.4. The van der Waals surface area contributed by atoms with Crippen LogP contribution in [-0.2, 0) is 13.2 Å². The molecule has 1 heterocycles. The molecule has 0 saturated carbocycles. The van der Waals surface area contributed by atoms with Gasteiger partial charge in [-0.25, -0.2) is 0 Å². The molecule has 10 aromatic carbocycles. The maximum atomic E-state index is 6.73. The highest BCUT2D eigenvalue weighted by Crippen LogP contribution is 2.49. The van der Waals surface area contributed by atoms with Crippen LogP contribution in [0.3, 0.4) is 0 Å². The smallest absolute Gasteiger partial charge is 0.128 e. The minimum Gasteiger partial charge on any atom is -0.488 e. The summed E-state index contributed by atoms with van der Waals surface area (Å²) in [5, 5.41) is 9.68. The molecule has 10 aromatic rings. The fourth-order valence-electron chi connectivity index (χ4n) is 8.36. The van der Waals surface area contributed by atoms with E-state index in [1.165, 1.54) is 73.8 Å². The van der Waals surface area contributed by atoms with Crippen LogP contribution in [0.25, 0.3) is 65.3 Å². The number of fused-ring (bicyclic) bond motifs is 6. The molecule has 0 radical (unpaired) electrons. The third-order valence-corrected chi connectivity index (χ3v) is 13.7. The Labute approximate surface area is 346 Å². The molecule has 0 atom stereocenters. The van der Waals surface area contributed by atoms with Crippen molar-refractivity contribution in [3.63, 3.8) is 0 Å². The SMILES string of the molecule is c1ccc2c(-c3c(OCc4ccc5c(c4)Sc4ccc(COc6ccc7ccccc7c6-c6cccc7ccccc67)cc4S5)ccc4ccccc34)cccc2c1. The number of hydrogen-bond donors (Lipinski definition) is 0. The van der Waals surface area contributed by atoms with Gasteiger partial charge in [0.15, 0.2) is 0 Å². The van der Waals surface area contributed by atoms with Crippen LogP contribution in [0.15, 0.2) is 214 Å². The Hall–Kier alpha value is -6.46. The lowest BCUT2D eigenvalue weighted by Crippen LogP contribution is -2.01. The average molecular weight is 781 g/mol. The maximum absolute atomic E-state index is 6.73. The predicted molar refractivity (Wildman–Crippen MR) is 244 cm³/mol. The van der Waals surface area contributed by atoms with Crippen LogP contribution in [0.2, 0.25) is 0 Å². The van der Waals surface area contributed by atoms with E-state index in [1.807, 2.05) is 23.5 Å². The Bertz CT molecular complexity index is 2980. The van der Waals surface area contributed by atoms with Gasteiger partial charge in [0.05, 0.1) is 0 Å². The molecule has 0 aromatic heterocycles. The third-order valence-electron chi connectivity index (χ3n) is 11.1. The molecule has 0 saturated heterocycles. The van der Waals surface area contributed by atoms with Crippen molar-refractivity contribution in [3.8, 4) is 33.8 Å². The van der Waals surface area contributed by atoms with Crippen molar-refractivity contribution in [2.24, 2.45) is 0 Å². The van der Waals surface area contributed by atoms with Gasteiger partial charge >= 0.3 is 0 Å². The minimum absolute atomic E-state index is 0.479. The molecule has 276 valence electrons. The highest BCUT2D eigenvalue weighted by Gasteiger charge is 2.20. The van der Waals surface area contributed by atoms with Crippen LogP contribution < -0.4 is 9.47 Å². The standard InChI is InChI=1S/C54H36O2S2/c1-5-17-41-37(11-1)15-9-21-45(41)53-43-19-7-3-13-39(43)25-27-47(53)55-33-35-23-29-49-51(31-35)57-50-30-24-36(32-52(50)58-49)34-56-48-28-26-40-14-4-8-20-44(40)54(48)46-22-10-16-38-12-2-6-18-42(38)46/h1-32H,33-34H2. The Morgan fingerprint density at radius 3 is 1.14 bits per heavy atom. The number of hydrogen-bond acceptors (Lipinski definition) is 4. The summed E-state index contributed by atoms with van der Waals surface area (Å²) in [6, 6.07) is 69.5. The molecule has 1 aliphatic rings. The van der Waals surface area contributed by atoms with Gasteiger partial charge in [-0.1, -0.05) is 181 Å². The molecule has 0 fully saturated rings. The third kappa shape index (κ3) is 6.35. The van der Waals surface area contributed by atoms with Crippen LogP contribution in [-0.4, -0.2) is 0 Å². The summed E-state index contributed by atoms with van der Waals surface area (Å²) in [6.45, 7) is 0.959. The summed E-state index contributed by atoms with van der Waals surface area (Å²) >= 11 is 3.66. The van der Waals surface area contributed by atoms with Gasteiger partial charge in [0.25, 0.3) is 0 Å². The number of ether oxygens (including phenoxy) is 2. The highest BCUT2D eigenvalue weighted by atomic mass is 32.2. The fourth-order valence-corrected chi connectivity index (χ4v) is 10.7. The van der Waals surface area contributed by atoms with E-state index in [4.69, 9.17) is 9.47 Å². The molecule has 0 aliphatic carbocycles. The molecule has 2 nitrogen and oxygen atoms in total. The molecule has 0 bridgehead atoms. The van der Waals surface area contributed by atoms with E-state index in [1.54, 1.807) is 0 Å². The van der Waals surface area contributed by atoms with E-state index in [0.717, 1.165) is 33.8 Å². The summed E-state index contributed by atoms with van der Waals surface area (Å²) in [6.07, 6.45) is 0. The van der Waals surface area contributed by atoms with Crippen molar-refractivity contribution in [2.75, 3.05) is 0 Å². The second-order valence-corrected chi connectivity index (χ2v) is 16.9. The van der Waals surface area contributed by atoms with Crippen LogP contribution >= 0.6 is 23.5 Å². The first kappa shape index (κ1) is 34.8. The van der Waals surface area contributed by atoms with Crippen molar-refractivity contribution in [1.82, 2.24) is 0 Å². The van der Waals surface area contributed by atoms with Gasteiger partial charge in [-0.2, -0.15) is 0 Å². The number of benzene rings is 10. The lowest BCUT2D eigenvalue weighted by atomic mass is 9.93. The van der Waals surface area contributed by atoms with Gasteiger partial charge in [0.2, 0.25) is 0 Å². The Kier molecular flexibility index (Phi) is 8.87. The van der Waals surface area contributed by atoms with E-state index in [-0.39, 0.29) is 0 Å². The lowest BCUT2D eigenvalue weighted by molar-refractivity contribution is 0.307. The summed E-state index contributed by atoms with van der Waals surface area (Å²) in [4.78, 5) is 5.03. The monoisotopic (exact) mass is 780 g/mol. The van der Waals surface area contributed by atoms with E-state index >= 15 is 0 Å². The summed E-state index contributed by atoms with van der Waals surface area (Å²) in [5.74, 6) is 1.78. The Balaban J connectivity index is 0.842. The fraction of sp³-hybridized carbons (Fsp3) is 0.0370. The first-order valence-corrected chi connectivity index (χ1v) is 21.2. The summed E-state index contributed by atoms with van der Waals surface area (Å²) < 4.78 is 13.5. The van der Waals surface area contributed by atoms with Gasteiger partial charge in [0, 0.05) is 30.7 Å². The van der Waals surface area contributed by atoms with Gasteiger partial charge < -0.3 is 9.47 Å². The van der Waals surface area contributed by atoms with E-state index < -0.39 is 0 Å². The van der Waals surface area contributed by atoms with Gasteiger partial charge in [-0.15, -0.1) is 0 Å². The second-order valence-electron chi connectivity index (χ2n) is 14.7. The van der Waals surface area contributed by atoms with Gasteiger partial charge in [-0.3, -0.25) is 0 Å². The molecule has 0 amide bonds. The van der Waals surface area contributed by atoms with Crippen molar-refractivity contribution in [2.45, 2.75) is 32.8 Å². The normalized spacial score (nSPS) is 12.1. The molecule has 0 spiro atoms. The van der Waals surface area contributed by atoms with Crippen molar-refractivity contribution < 1.29 is 9.47 Å². The molecule has 11 rings (SSSR count). The molecular weight excluding hydrogens is 745 g/mol. The van der Waals surface area contributed by atoms with Crippen molar-refractivity contribution >= 4 is 66.6 Å². The molecule has 1 aliphatic heterocycles. The van der Waals surface area contributed by atoms with Gasteiger partial charge in [-0.05, 0) is 102 Å². The van der Waals surface area contributed by atoms with Crippen LogP contribution in [0, 0.1) is 0 Å². The second kappa shape index (κ2) is 14.8. The molecule has 4 heteroatoms. The topological polar surface area (TPSA) is 18.5 Å². The maximum Gasteiger partial charge on any atom is 0.128 e. The van der Waals surface area contributed by atoms with Crippen LogP contribution in [0.4, 0.5) is 0 Å². The predicted octanol–water partition coefficient (Wildman–Crippen LogP) is 15.4. The average Bonchev–Trinajstić information content (AvgIpc) is 3.28. The van der Waals surface area contributed by atoms with Crippen molar-refractivity contribution in [3.05, 3.63) is 205 Å². The first-order valence-electron chi connectivity index (χ1n) is 19.6. The van der Waals surface area contributed by atoms with Crippen LogP contribution in [0.1, 0.15) is 11.1 Å². The minimum atomic E-state index is 0.479. The van der Waals surface area contributed by atoms with Gasteiger partial charge in [0.1, 0.15) is 24.7 Å². The van der Waals surface area contributed by atoms with E-state index in [2.05, 4.69) is 194 Å². The largest absolute Gasteiger partial charge is 0.488 e. The number of rotatable bonds is 8. The quantitative estimate of drug-likeness (QED) is 0.153. The zero-order valence-corrected chi connectivity index (χ0v) is 33.2. The Morgan fingerprint density at radius 2 is 0.690 bits per heavy atom. The highest BCUT2D eigenvalue weighted by molar-refractivity contribution is 8.05. The van der Waals surface area contributed by atoms with E-state index in [0.29, 0.717) is 13.2 Å². The molecule has 0 unspecified atom stereocenters. The summed E-state index contributed by atoms with van der Waals surface area (Å²) in [7, 11) is 0. The molecule has 0 N–H and O–H groups in total. The molecular formula is C54H36O2S2. The van der Waals surface area contributed by atoms with Crippen LogP contribution in [0.5, 0.6) is 11.5 Å². The van der Waals surface area contributed by atoms with E-state index in [9.17, 15) is 0 Å².